The number of esters is 1. The van der Waals surface area contributed by atoms with Gasteiger partial charge >= 0.3 is 5.97 Å². The number of ether oxygens (including phenoxy) is 1. The van der Waals surface area contributed by atoms with E-state index in [9.17, 15) is 9.59 Å². The molecule has 0 spiro atoms. The summed E-state index contributed by atoms with van der Waals surface area (Å²) in [5.74, 6) is 0.473. The van der Waals surface area contributed by atoms with Gasteiger partial charge in [-0.05, 0) is 49.4 Å². The number of benzene rings is 1. The highest BCUT2D eigenvalue weighted by Crippen LogP contribution is 2.34. The monoisotopic (exact) mass is 448 g/mol. The Balaban J connectivity index is 2.18. The number of aromatic nitrogens is 2. The van der Waals surface area contributed by atoms with E-state index in [-0.39, 0.29) is 11.7 Å². The Morgan fingerprint density at radius 1 is 1.18 bits per heavy atom. The third-order valence-corrected chi connectivity index (χ3v) is 5.17. The molecule has 172 valence electrons. The number of methoxy groups -OCH3 is 1. The summed E-state index contributed by atoms with van der Waals surface area (Å²) < 4.78 is 6.35. The molecule has 3 rings (SSSR count). The van der Waals surface area contributed by atoms with E-state index < -0.39 is 5.97 Å². The highest BCUT2D eigenvalue weighted by atomic mass is 16.5. The van der Waals surface area contributed by atoms with Crippen molar-refractivity contribution in [2.45, 2.75) is 13.1 Å². The molecule has 9 heteroatoms. The Bertz CT molecular complexity index is 1220. The highest BCUT2D eigenvalue weighted by molar-refractivity contribution is 5.90. The largest absolute Gasteiger partial charge is 0.465 e. The number of nitrogens with zero attached hydrogens (tertiary/aromatic N) is 3. The molecule has 33 heavy (non-hydrogen) atoms. The van der Waals surface area contributed by atoms with Gasteiger partial charge in [0.25, 0.3) is 5.56 Å². The third-order valence-electron chi connectivity index (χ3n) is 5.17. The summed E-state index contributed by atoms with van der Waals surface area (Å²) in [4.78, 5) is 30.9. The molecule has 0 fully saturated rings. The number of hydrogen-bond donors (Lipinski definition) is 3. The van der Waals surface area contributed by atoms with Crippen molar-refractivity contribution in [1.29, 1.82) is 0 Å². The van der Waals surface area contributed by atoms with E-state index in [4.69, 9.17) is 15.5 Å². The van der Waals surface area contributed by atoms with E-state index >= 15 is 0 Å². The molecule has 0 radical (unpaired) electrons. The first-order chi connectivity index (χ1) is 15.8. The zero-order chi connectivity index (χ0) is 24.1. The van der Waals surface area contributed by atoms with Crippen LogP contribution in [0.15, 0.2) is 71.8 Å². The van der Waals surface area contributed by atoms with Crippen LogP contribution < -0.4 is 26.8 Å². The standard InChI is InChI=1S/C24H28N6O3/c1-15(25)27-16(2)30(18-11-9-17(10-12-18)24(32)33-5)23-20(26-3)14-13-19(28-23)21-7-6-8-22(31)29(21)4/h6-14,16,26-27H,1,25H2,2-5H3. The quantitative estimate of drug-likeness (QED) is 0.356. The smallest absolute Gasteiger partial charge is 0.337 e. The SMILES string of the molecule is C=C(N)NC(C)N(c1ccc(C(=O)OC)cc1)c1nc(-c2cccc(=O)n2C)ccc1NC. The molecule has 0 bridgehead atoms. The first-order valence-corrected chi connectivity index (χ1v) is 10.3. The van der Waals surface area contributed by atoms with E-state index in [1.807, 2.05) is 30.0 Å². The number of carbonyl (C=O) groups excluding carboxylic acids is 1. The van der Waals surface area contributed by atoms with Crippen LogP contribution in [-0.4, -0.2) is 35.8 Å². The molecule has 3 aromatic rings. The second kappa shape index (κ2) is 9.90. The Kier molecular flexibility index (Phi) is 7.02. The summed E-state index contributed by atoms with van der Waals surface area (Å²) in [7, 11) is 4.85. The van der Waals surface area contributed by atoms with Crippen LogP contribution >= 0.6 is 0 Å². The summed E-state index contributed by atoms with van der Waals surface area (Å²) in [5.41, 5.74) is 8.95. The van der Waals surface area contributed by atoms with Crippen molar-refractivity contribution in [1.82, 2.24) is 14.9 Å². The maximum absolute atomic E-state index is 12.2. The molecule has 4 N–H and O–H groups in total. The fraction of sp³-hybridized carbons (Fsp3) is 0.208. The average Bonchev–Trinajstić information content (AvgIpc) is 2.80. The molecule has 2 aromatic heterocycles. The lowest BCUT2D eigenvalue weighted by atomic mass is 10.1. The van der Waals surface area contributed by atoms with Gasteiger partial charge in [-0.15, -0.1) is 0 Å². The molecular formula is C24H28N6O3. The summed E-state index contributed by atoms with van der Waals surface area (Å²) in [6.45, 7) is 5.66. The molecule has 1 atom stereocenters. The predicted molar refractivity (Wildman–Crippen MR) is 130 cm³/mol. The van der Waals surface area contributed by atoms with E-state index in [1.54, 1.807) is 49.0 Å². The molecule has 2 heterocycles. The number of anilines is 3. The van der Waals surface area contributed by atoms with Crippen LogP contribution in [0, 0.1) is 0 Å². The van der Waals surface area contributed by atoms with E-state index in [2.05, 4.69) is 17.2 Å². The lowest BCUT2D eigenvalue weighted by molar-refractivity contribution is 0.0601. The first-order valence-electron chi connectivity index (χ1n) is 10.3. The highest BCUT2D eigenvalue weighted by Gasteiger charge is 2.23. The van der Waals surface area contributed by atoms with Crippen LogP contribution in [0.1, 0.15) is 17.3 Å². The van der Waals surface area contributed by atoms with Gasteiger partial charge in [0.2, 0.25) is 0 Å². The minimum Gasteiger partial charge on any atom is -0.465 e. The van der Waals surface area contributed by atoms with Crippen LogP contribution in [0.25, 0.3) is 11.4 Å². The summed E-state index contributed by atoms with van der Waals surface area (Å²) >= 11 is 0. The van der Waals surface area contributed by atoms with Gasteiger partial charge in [0.15, 0.2) is 5.82 Å². The minimum atomic E-state index is -0.421. The molecule has 0 saturated heterocycles. The van der Waals surface area contributed by atoms with Crippen molar-refractivity contribution in [2.75, 3.05) is 24.4 Å². The molecule has 0 amide bonds. The number of nitrogens with one attached hydrogen (secondary N) is 2. The minimum absolute atomic E-state index is 0.127. The second-order valence-electron chi connectivity index (χ2n) is 7.38. The third kappa shape index (κ3) is 4.98. The average molecular weight is 449 g/mol. The number of carbonyl (C=O) groups is 1. The zero-order valence-corrected chi connectivity index (χ0v) is 19.1. The number of rotatable bonds is 8. The molecule has 0 aliphatic heterocycles. The van der Waals surface area contributed by atoms with Crippen molar-refractivity contribution in [2.24, 2.45) is 12.8 Å². The molecule has 1 unspecified atom stereocenters. The summed E-state index contributed by atoms with van der Waals surface area (Å²) in [6.07, 6.45) is -0.346. The summed E-state index contributed by atoms with van der Waals surface area (Å²) in [5, 5.41) is 6.28. The summed E-state index contributed by atoms with van der Waals surface area (Å²) in [6, 6.07) is 15.8. The van der Waals surface area contributed by atoms with Crippen molar-refractivity contribution in [3.05, 3.63) is 82.9 Å². The van der Waals surface area contributed by atoms with Crippen molar-refractivity contribution < 1.29 is 9.53 Å². The van der Waals surface area contributed by atoms with Gasteiger partial charge in [-0.25, -0.2) is 9.78 Å². The van der Waals surface area contributed by atoms with E-state index in [0.29, 0.717) is 28.6 Å². The Labute approximate surface area is 192 Å². The van der Waals surface area contributed by atoms with Gasteiger partial charge in [0.1, 0.15) is 6.17 Å². The van der Waals surface area contributed by atoms with E-state index in [1.165, 1.54) is 13.2 Å². The van der Waals surface area contributed by atoms with Crippen LogP contribution in [0.3, 0.4) is 0 Å². The Morgan fingerprint density at radius 3 is 2.48 bits per heavy atom. The van der Waals surface area contributed by atoms with Crippen LogP contribution in [0.2, 0.25) is 0 Å². The molecule has 0 aliphatic carbocycles. The van der Waals surface area contributed by atoms with Crippen molar-refractivity contribution in [3.8, 4) is 11.4 Å². The molecule has 0 saturated carbocycles. The van der Waals surface area contributed by atoms with Gasteiger partial charge in [0.05, 0.1) is 35.6 Å². The molecular weight excluding hydrogens is 420 g/mol. The lowest BCUT2D eigenvalue weighted by Gasteiger charge is -2.33. The topological polar surface area (TPSA) is 115 Å². The predicted octanol–water partition coefficient (Wildman–Crippen LogP) is 2.78. The Hall–Kier alpha value is -4.27. The first kappa shape index (κ1) is 23.4. The number of nitrogens with two attached hydrogens (primary N) is 1. The fourth-order valence-corrected chi connectivity index (χ4v) is 3.53. The molecule has 9 nitrogen and oxygen atoms in total. The lowest BCUT2D eigenvalue weighted by Crippen LogP contribution is -2.42. The van der Waals surface area contributed by atoms with Gasteiger partial charge < -0.3 is 30.6 Å². The van der Waals surface area contributed by atoms with Gasteiger partial charge in [-0.2, -0.15) is 0 Å². The zero-order valence-electron chi connectivity index (χ0n) is 19.1. The number of pyridine rings is 2. The molecule has 1 aromatic carbocycles. The normalized spacial score (nSPS) is 11.4. The van der Waals surface area contributed by atoms with Gasteiger partial charge in [-0.3, -0.25) is 4.79 Å². The van der Waals surface area contributed by atoms with Crippen molar-refractivity contribution in [3.63, 3.8) is 0 Å². The fourth-order valence-electron chi connectivity index (χ4n) is 3.53. The number of hydrogen-bond acceptors (Lipinski definition) is 8. The Morgan fingerprint density at radius 2 is 1.88 bits per heavy atom. The maximum Gasteiger partial charge on any atom is 0.337 e. The van der Waals surface area contributed by atoms with Crippen molar-refractivity contribution >= 4 is 23.2 Å². The van der Waals surface area contributed by atoms with E-state index in [0.717, 1.165) is 11.4 Å². The van der Waals surface area contributed by atoms with Gasteiger partial charge in [-0.1, -0.05) is 12.6 Å². The maximum atomic E-state index is 12.2. The molecule has 0 aliphatic rings. The van der Waals surface area contributed by atoms with Crippen LogP contribution in [-0.2, 0) is 11.8 Å². The van der Waals surface area contributed by atoms with Crippen LogP contribution in [0.4, 0.5) is 17.2 Å². The van der Waals surface area contributed by atoms with Gasteiger partial charge in [0, 0.05) is 25.8 Å². The second-order valence-corrected chi connectivity index (χ2v) is 7.38. The van der Waals surface area contributed by atoms with Crippen LogP contribution in [0.5, 0.6) is 0 Å².